The molecule has 0 atom stereocenters. The number of halogens is 6. The first-order chi connectivity index (χ1) is 9.17. The van der Waals surface area contributed by atoms with Crippen LogP contribution in [0.5, 0.6) is 5.88 Å². The number of carbonyl (C=O) groups is 1. The van der Waals surface area contributed by atoms with E-state index in [4.69, 9.17) is 0 Å². The molecule has 0 bridgehead atoms. The molecule has 0 aromatic carbocycles. The summed E-state index contributed by atoms with van der Waals surface area (Å²) in [5.41, 5.74) is -2.95. The third kappa shape index (κ3) is 3.75. The predicted molar refractivity (Wildman–Crippen MR) is 51.8 cm³/mol. The average molecular weight is 303 g/mol. The summed E-state index contributed by atoms with van der Waals surface area (Å²) in [6.07, 6.45) is -8.77. The highest BCUT2D eigenvalue weighted by molar-refractivity contribution is 5.92. The van der Waals surface area contributed by atoms with Crippen molar-refractivity contribution in [3.8, 4) is 5.88 Å². The molecule has 0 fully saturated rings. The van der Waals surface area contributed by atoms with E-state index in [0.717, 1.165) is 0 Å². The van der Waals surface area contributed by atoms with Crippen molar-refractivity contribution in [3.63, 3.8) is 0 Å². The largest absolute Gasteiger partial charge is 0.574 e. The topological polar surface area (TPSA) is 48.4 Å². The Bertz CT molecular complexity index is 503. The Balaban J connectivity index is 3.41. The summed E-state index contributed by atoms with van der Waals surface area (Å²) in [7, 11) is 0. The van der Waals surface area contributed by atoms with Gasteiger partial charge in [-0.05, 0) is 6.92 Å². The molecule has 20 heavy (non-hydrogen) atoms. The van der Waals surface area contributed by atoms with Gasteiger partial charge in [0.15, 0.2) is 5.82 Å². The van der Waals surface area contributed by atoms with Crippen molar-refractivity contribution < 1.29 is 40.6 Å². The van der Waals surface area contributed by atoms with Crippen molar-refractivity contribution >= 4 is 5.97 Å². The second-order valence-corrected chi connectivity index (χ2v) is 3.27. The summed E-state index contributed by atoms with van der Waals surface area (Å²) in [6.45, 7) is 1.03. The van der Waals surface area contributed by atoms with Gasteiger partial charge in [-0.3, -0.25) is 0 Å². The van der Waals surface area contributed by atoms with Gasteiger partial charge >= 0.3 is 12.3 Å². The van der Waals surface area contributed by atoms with E-state index in [-0.39, 0.29) is 12.8 Å². The fraction of sp³-hybridized carbons (Fsp3) is 0.400. The lowest BCUT2D eigenvalue weighted by molar-refractivity contribution is -0.276. The smallest absolute Gasteiger partial charge is 0.462 e. The summed E-state index contributed by atoms with van der Waals surface area (Å²) in [6, 6.07) is 0. The van der Waals surface area contributed by atoms with Crippen LogP contribution in [0.2, 0.25) is 0 Å². The van der Waals surface area contributed by atoms with Crippen LogP contribution in [0.25, 0.3) is 0 Å². The molecule has 10 heteroatoms. The Hall–Kier alpha value is -2.00. The van der Waals surface area contributed by atoms with Crippen LogP contribution >= 0.6 is 0 Å². The summed E-state index contributed by atoms with van der Waals surface area (Å²) in [5.74, 6) is -4.67. The molecule has 0 aliphatic rings. The molecular formula is C10H7F6NO3. The number of aromatic nitrogens is 1. The molecule has 0 unspecified atom stereocenters. The minimum Gasteiger partial charge on any atom is -0.462 e. The number of alkyl halides is 5. The van der Waals surface area contributed by atoms with Crippen molar-refractivity contribution in [2.75, 3.05) is 6.61 Å². The summed E-state index contributed by atoms with van der Waals surface area (Å²) < 4.78 is 82.6. The van der Waals surface area contributed by atoms with E-state index >= 15 is 0 Å². The van der Waals surface area contributed by atoms with Gasteiger partial charge in [0.1, 0.15) is 5.56 Å². The molecule has 112 valence electrons. The molecule has 1 aromatic heterocycles. The van der Waals surface area contributed by atoms with Gasteiger partial charge in [-0.25, -0.2) is 22.9 Å². The monoisotopic (exact) mass is 303 g/mol. The van der Waals surface area contributed by atoms with Gasteiger partial charge in [-0.1, -0.05) is 0 Å². The van der Waals surface area contributed by atoms with Gasteiger partial charge in [-0.15, -0.1) is 13.2 Å². The molecule has 1 rings (SSSR count). The summed E-state index contributed by atoms with van der Waals surface area (Å²) >= 11 is 0. The van der Waals surface area contributed by atoms with Gasteiger partial charge < -0.3 is 9.47 Å². The summed E-state index contributed by atoms with van der Waals surface area (Å²) in [4.78, 5) is 14.1. The first kappa shape index (κ1) is 16.1. The maximum atomic E-state index is 13.4. The van der Waals surface area contributed by atoms with Crippen LogP contribution in [0.3, 0.4) is 0 Å². The van der Waals surface area contributed by atoms with E-state index < -0.39 is 41.6 Å². The zero-order valence-corrected chi connectivity index (χ0v) is 9.80. The first-order valence-corrected chi connectivity index (χ1v) is 5.06. The van der Waals surface area contributed by atoms with Gasteiger partial charge in [0, 0.05) is 0 Å². The Morgan fingerprint density at radius 2 is 2.00 bits per heavy atom. The third-order valence-electron chi connectivity index (χ3n) is 1.94. The maximum absolute atomic E-state index is 13.4. The molecule has 4 nitrogen and oxygen atoms in total. The number of rotatable bonds is 4. The number of hydrogen-bond acceptors (Lipinski definition) is 4. The Labute approximate surface area is 108 Å². The molecule has 0 saturated carbocycles. The van der Waals surface area contributed by atoms with Crippen molar-refractivity contribution in [1.29, 1.82) is 0 Å². The molecule has 1 heterocycles. The molecule has 0 aliphatic carbocycles. The van der Waals surface area contributed by atoms with Crippen LogP contribution in [0.15, 0.2) is 6.20 Å². The fourth-order valence-corrected chi connectivity index (χ4v) is 1.29. The highest BCUT2D eigenvalue weighted by Crippen LogP contribution is 2.35. The molecule has 0 aliphatic heterocycles. The number of esters is 1. The lowest BCUT2D eigenvalue weighted by Gasteiger charge is -2.14. The van der Waals surface area contributed by atoms with E-state index in [1.807, 2.05) is 0 Å². The zero-order chi connectivity index (χ0) is 15.5. The van der Waals surface area contributed by atoms with E-state index in [0.29, 0.717) is 0 Å². The van der Waals surface area contributed by atoms with E-state index in [1.54, 1.807) is 0 Å². The zero-order valence-electron chi connectivity index (χ0n) is 9.80. The van der Waals surface area contributed by atoms with E-state index in [2.05, 4.69) is 14.5 Å². The molecule has 0 saturated heterocycles. The minimum absolute atomic E-state index is 0.166. The van der Waals surface area contributed by atoms with Crippen LogP contribution in [0, 0.1) is 5.82 Å². The summed E-state index contributed by atoms with van der Waals surface area (Å²) in [5, 5.41) is 0. The van der Waals surface area contributed by atoms with Crippen LogP contribution in [-0.4, -0.2) is 23.9 Å². The van der Waals surface area contributed by atoms with Crippen molar-refractivity contribution in [3.05, 3.63) is 23.1 Å². The second kappa shape index (κ2) is 5.97. The minimum atomic E-state index is -5.32. The fourth-order valence-electron chi connectivity index (χ4n) is 1.29. The second-order valence-electron chi connectivity index (χ2n) is 3.27. The third-order valence-corrected chi connectivity index (χ3v) is 1.94. The van der Waals surface area contributed by atoms with Crippen molar-refractivity contribution in [2.45, 2.75) is 19.7 Å². The van der Waals surface area contributed by atoms with Crippen LogP contribution in [-0.2, 0) is 4.74 Å². The first-order valence-electron chi connectivity index (χ1n) is 5.06. The molecule has 0 amide bonds. The van der Waals surface area contributed by atoms with E-state index in [1.165, 1.54) is 6.92 Å². The lowest BCUT2D eigenvalue weighted by Crippen LogP contribution is -2.21. The quantitative estimate of drug-likeness (QED) is 0.633. The van der Waals surface area contributed by atoms with Crippen molar-refractivity contribution in [1.82, 2.24) is 4.98 Å². The highest BCUT2D eigenvalue weighted by Gasteiger charge is 2.37. The van der Waals surface area contributed by atoms with Crippen LogP contribution in [0.1, 0.15) is 29.3 Å². The Morgan fingerprint density at radius 3 is 2.45 bits per heavy atom. The number of carbonyl (C=O) groups excluding carboxylic acids is 1. The molecular weight excluding hydrogens is 296 g/mol. The van der Waals surface area contributed by atoms with E-state index in [9.17, 15) is 31.1 Å². The Kier molecular flexibility index (Phi) is 4.79. The number of ether oxygens (including phenoxy) is 2. The van der Waals surface area contributed by atoms with Gasteiger partial charge in [0.25, 0.3) is 6.43 Å². The highest BCUT2D eigenvalue weighted by atomic mass is 19.4. The number of hydrogen-bond donors (Lipinski definition) is 0. The number of nitrogens with zero attached hydrogens (tertiary/aromatic N) is 1. The molecule has 0 radical (unpaired) electrons. The van der Waals surface area contributed by atoms with Crippen LogP contribution in [0.4, 0.5) is 26.3 Å². The normalized spacial score (nSPS) is 11.6. The predicted octanol–water partition coefficient (Wildman–Crippen LogP) is 3.23. The van der Waals surface area contributed by atoms with Crippen molar-refractivity contribution in [2.24, 2.45) is 0 Å². The van der Waals surface area contributed by atoms with Gasteiger partial charge in [0.2, 0.25) is 5.88 Å². The van der Waals surface area contributed by atoms with Crippen LogP contribution < -0.4 is 4.74 Å². The molecule has 1 aromatic rings. The Morgan fingerprint density at radius 1 is 1.40 bits per heavy atom. The molecule has 0 N–H and O–H groups in total. The maximum Gasteiger partial charge on any atom is 0.574 e. The van der Waals surface area contributed by atoms with Gasteiger partial charge in [-0.2, -0.15) is 0 Å². The standard InChI is InChI=1S/C10H7F6NO3/c1-2-19-9(18)5-4(11)3-17-8(6(5)7(12)13)20-10(14,15)16/h3,7H,2H2,1H3. The SMILES string of the molecule is CCOC(=O)c1c(F)cnc(OC(F)(F)F)c1C(F)F. The number of pyridine rings is 1. The average Bonchev–Trinajstić information content (AvgIpc) is 2.29. The lowest BCUT2D eigenvalue weighted by atomic mass is 10.1. The van der Waals surface area contributed by atoms with Gasteiger partial charge in [0.05, 0.1) is 18.4 Å². The molecule has 0 spiro atoms.